The predicted octanol–water partition coefficient (Wildman–Crippen LogP) is 3.19. The van der Waals surface area contributed by atoms with E-state index in [2.05, 4.69) is 0 Å². The monoisotopic (exact) mass is 232 g/mol. The first-order chi connectivity index (χ1) is 7.72. The van der Waals surface area contributed by atoms with Crippen molar-refractivity contribution in [1.29, 1.82) is 0 Å². The highest BCUT2D eigenvalue weighted by Crippen LogP contribution is 2.28. The molecule has 0 radical (unpaired) electrons. The normalized spacial score (nSPS) is 10.6. The summed E-state index contributed by atoms with van der Waals surface area (Å²) in [6.07, 6.45) is 2.05. The van der Waals surface area contributed by atoms with Crippen LogP contribution >= 0.6 is 11.8 Å². The van der Waals surface area contributed by atoms with Crippen molar-refractivity contribution in [3.05, 3.63) is 42.0 Å². The summed E-state index contributed by atoms with van der Waals surface area (Å²) in [6, 6.07) is 11.9. The van der Waals surface area contributed by atoms with Crippen LogP contribution in [-0.2, 0) is 11.2 Å². The number of rotatable bonds is 3. The molecule has 0 fully saturated rings. The van der Waals surface area contributed by atoms with Crippen LogP contribution in [-0.4, -0.2) is 17.3 Å². The Bertz CT molecular complexity index is 534. The second-order valence-electron chi connectivity index (χ2n) is 3.54. The Labute approximate surface area is 98.3 Å². The van der Waals surface area contributed by atoms with Crippen LogP contribution in [0.25, 0.3) is 10.8 Å². The van der Waals surface area contributed by atoms with Gasteiger partial charge in [-0.05, 0) is 28.7 Å². The van der Waals surface area contributed by atoms with Gasteiger partial charge in [0.1, 0.15) is 0 Å². The van der Waals surface area contributed by atoms with Crippen LogP contribution in [0.5, 0.6) is 0 Å². The summed E-state index contributed by atoms with van der Waals surface area (Å²) >= 11 is 1.59. The van der Waals surface area contributed by atoms with Gasteiger partial charge in [0, 0.05) is 4.90 Å². The van der Waals surface area contributed by atoms with Gasteiger partial charge in [0.15, 0.2) is 0 Å². The third-order valence-corrected chi connectivity index (χ3v) is 3.37. The fourth-order valence-electron chi connectivity index (χ4n) is 1.84. The molecule has 2 aromatic carbocycles. The van der Waals surface area contributed by atoms with Crippen LogP contribution in [0.1, 0.15) is 5.56 Å². The molecule has 0 unspecified atom stereocenters. The van der Waals surface area contributed by atoms with E-state index in [1.165, 1.54) is 0 Å². The molecular formula is C13H12O2S. The molecule has 0 amide bonds. The van der Waals surface area contributed by atoms with Crippen molar-refractivity contribution < 1.29 is 9.90 Å². The smallest absolute Gasteiger partial charge is 0.307 e. The number of carboxylic acids is 1. The summed E-state index contributed by atoms with van der Waals surface area (Å²) < 4.78 is 0. The number of carboxylic acid groups (broad SMARTS) is 1. The first-order valence-corrected chi connectivity index (χ1v) is 6.21. The van der Waals surface area contributed by atoms with E-state index in [0.717, 1.165) is 21.2 Å². The van der Waals surface area contributed by atoms with Crippen LogP contribution in [0.2, 0.25) is 0 Å². The summed E-state index contributed by atoms with van der Waals surface area (Å²) in [5.74, 6) is -0.786. The maximum absolute atomic E-state index is 10.9. The Morgan fingerprint density at radius 2 is 2.00 bits per heavy atom. The van der Waals surface area contributed by atoms with E-state index in [-0.39, 0.29) is 6.42 Å². The van der Waals surface area contributed by atoms with E-state index in [4.69, 9.17) is 5.11 Å². The van der Waals surface area contributed by atoms with Gasteiger partial charge in [-0.1, -0.05) is 30.3 Å². The van der Waals surface area contributed by atoms with Crippen molar-refractivity contribution in [2.75, 3.05) is 6.26 Å². The van der Waals surface area contributed by atoms with Gasteiger partial charge in [0.05, 0.1) is 6.42 Å². The summed E-state index contributed by atoms with van der Waals surface area (Å²) in [7, 11) is 0. The zero-order chi connectivity index (χ0) is 11.5. The van der Waals surface area contributed by atoms with Gasteiger partial charge >= 0.3 is 5.97 Å². The van der Waals surface area contributed by atoms with Crippen molar-refractivity contribution in [2.24, 2.45) is 0 Å². The molecule has 0 spiro atoms. The Morgan fingerprint density at radius 3 is 2.69 bits per heavy atom. The molecule has 2 aromatic rings. The molecule has 16 heavy (non-hydrogen) atoms. The third kappa shape index (κ3) is 2.04. The molecule has 0 atom stereocenters. The maximum atomic E-state index is 10.9. The summed E-state index contributed by atoms with van der Waals surface area (Å²) in [6.45, 7) is 0. The van der Waals surface area contributed by atoms with Gasteiger partial charge in [-0.3, -0.25) is 4.79 Å². The maximum Gasteiger partial charge on any atom is 0.307 e. The van der Waals surface area contributed by atoms with E-state index in [0.29, 0.717) is 0 Å². The van der Waals surface area contributed by atoms with Crippen molar-refractivity contribution in [1.82, 2.24) is 0 Å². The lowest BCUT2D eigenvalue weighted by Crippen LogP contribution is -2.02. The van der Waals surface area contributed by atoms with Crippen LogP contribution in [0, 0.1) is 0 Å². The molecule has 0 heterocycles. The molecule has 0 aliphatic heterocycles. The molecule has 3 heteroatoms. The molecule has 0 saturated heterocycles. The van der Waals surface area contributed by atoms with Crippen LogP contribution in [0.15, 0.2) is 41.3 Å². The average Bonchev–Trinajstić information content (AvgIpc) is 2.29. The number of aliphatic carboxylic acids is 1. The molecular weight excluding hydrogens is 220 g/mol. The Morgan fingerprint density at radius 1 is 1.25 bits per heavy atom. The first-order valence-electron chi connectivity index (χ1n) is 4.99. The molecule has 2 rings (SSSR count). The number of hydrogen-bond donors (Lipinski definition) is 1. The lowest BCUT2D eigenvalue weighted by atomic mass is 10.0. The Kier molecular flexibility index (Phi) is 3.15. The minimum atomic E-state index is -0.786. The van der Waals surface area contributed by atoms with Gasteiger partial charge in [-0.25, -0.2) is 0 Å². The number of benzene rings is 2. The van der Waals surface area contributed by atoms with Gasteiger partial charge < -0.3 is 5.11 Å². The molecule has 2 nitrogen and oxygen atoms in total. The van der Waals surface area contributed by atoms with Crippen LogP contribution < -0.4 is 0 Å². The quantitative estimate of drug-likeness (QED) is 0.826. The third-order valence-electron chi connectivity index (χ3n) is 2.55. The van der Waals surface area contributed by atoms with E-state index in [1.807, 2.05) is 42.7 Å². The molecule has 1 N–H and O–H groups in total. The van der Waals surface area contributed by atoms with Crippen molar-refractivity contribution >= 4 is 28.5 Å². The zero-order valence-corrected chi connectivity index (χ0v) is 9.75. The number of thioether (sulfide) groups is 1. The Balaban J connectivity index is 2.67. The van der Waals surface area contributed by atoms with E-state index < -0.39 is 5.97 Å². The fourth-order valence-corrected chi connectivity index (χ4v) is 2.47. The van der Waals surface area contributed by atoms with Crippen molar-refractivity contribution in [3.8, 4) is 0 Å². The molecule has 0 saturated carbocycles. The largest absolute Gasteiger partial charge is 0.481 e. The topological polar surface area (TPSA) is 37.3 Å². The molecule has 0 bridgehead atoms. The van der Waals surface area contributed by atoms with Crippen LogP contribution in [0.4, 0.5) is 0 Å². The van der Waals surface area contributed by atoms with Crippen molar-refractivity contribution in [2.45, 2.75) is 11.3 Å². The lowest BCUT2D eigenvalue weighted by Gasteiger charge is -2.09. The summed E-state index contributed by atoms with van der Waals surface area (Å²) in [4.78, 5) is 11.9. The molecule has 0 aliphatic carbocycles. The molecule has 0 aliphatic rings. The summed E-state index contributed by atoms with van der Waals surface area (Å²) in [5, 5.41) is 11.1. The number of carbonyl (C=O) groups is 1. The SMILES string of the molecule is CSc1ccc2ccccc2c1CC(=O)O. The highest BCUT2D eigenvalue weighted by atomic mass is 32.2. The second kappa shape index (κ2) is 4.58. The molecule has 82 valence electrons. The zero-order valence-electron chi connectivity index (χ0n) is 8.93. The van der Waals surface area contributed by atoms with Crippen LogP contribution in [0.3, 0.4) is 0 Å². The highest BCUT2D eigenvalue weighted by molar-refractivity contribution is 7.98. The van der Waals surface area contributed by atoms with E-state index in [1.54, 1.807) is 11.8 Å². The number of hydrogen-bond acceptors (Lipinski definition) is 2. The fraction of sp³-hybridized carbons (Fsp3) is 0.154. The average molecular weight is 232 g/mol. The minimum absolute atomic E-state index is 0.0809. The van der Waals surface area contributed by atoms with Crippen molar-refractivity contribution in [3.63, 3.8) is 0 Å². The standard InChI is InChI=1S/C13H12O2S/c1-16-12-7-6-9-4-2-3-5-10(9)11(12)8-13(14)15/h2-7H,8H2,1H3,(H,14,15). The second-order valence-corrected chi connectivity index (χ2v) is 4.39. The lowest BCUT2D eigenvalue weighted by molar-refractivity contribution is -0.136. The number of fused-ring (bicyclic) bond motifs is 1. The highest BCUT2D eigenvalue weighted by Gasteiger charge is 2.10. The van der Waals surface area contributed by atoms with E-state index >= 15 is 0 Å². The first kappa shape index (κ1) is 11.0. The van der Waals surface area contributed by atoms with E-state index in [9.17, 15) is 4.79 Å². The van der Waals surface area contributed by atoms with Gasteiger partial charge in [-0.15, -0.1) is 11.8 Å². The molecule has 0 aromatic heterocycles. The predicted molar refractivity (Wildman–Crippen MR) is 67.1 cm³/mol. The minimum Gasteiger partial charge on any atom is -0.481 e. The summed E-state index contributed by atoms with van der Waals surface area (Å²) in [5.41, 5.74) is 0.915. The van der Waals surface area contributed by atoms with Gasteiger partial charge in [0.25, 0.3) is 0 Å². The Hall–Kier alpha value is -1.48. The van der Waals surface area contributed by atoms with Gasteiger partial charge in [0.2, 0.25) is 0 Å². The van der Waals surface area contributed by atoms with Gasteiger partial charge in [-0.2, -0.15) is 0 Å².